The number of carbonyl (C=O) groups is 1. The molecular weight excluding hydrogens is 303 g/mol. The topological polar surface area (TPSA) is 55.1 Å². The van der Waals surface area contributed by atoms with Crippen LogP contribution in [0, 0.1) is 19.7 Å². The number of amides is 1. The quantitative estimate of drug-likeness (QED) is 0.924. The van der Waals surface area contributed by atoms with Gasteiger partial charge in [-0.1, -0.05) is 5.16 Å². The van der Waals surface area contributed by atoms with Gasteiger partial charge in [0, 0.05) is 5.69 Å². The Morgan fingerprint density at radius 3 is 2.78 bits per heavy atom. The van der Waals surface area contributed by atoms with Crippen LogP contribution in [0.4, 0.5) is 10.1 Å². The number of hydrogen-bond acceptors (Lipinski definition) is 3. The number of benzene rings is 1. The lowest BCUT2D eigenvalue weighted by molar-refractivity contribution is 0.102. The minimum atomic E-state index is -0.432. The van der Waals surface area contributed by atoms with Crippen LogP contribution in [0.3, 0.4) is 0 Å². The summed E-state index contributed by atoms with van der Waals surface area (Å²) in [6.45, 7) is 3.41. The summed E-state index contributed by atoms with van der Waals surface area (Å²) in [6.07, 6.45) is 1.33. The summed E-state index contributed by atoms with van der Waals surface area (Å²) in [5.41, 5.74) is 1.50. The molecule has 0 aliphatic carbocycles. The highest BCUT2D eigenvalue weighted by molar-refractivity contribution is 9.10. The molecule has 1 N–H and O–H groups in total. The van der Waals surface area contributed by atoms with Crippen LogP contribution in [0.25, 0.3) is 0 Å². The second kappa shape index (κ2) is 4.89. The fourth-order valence-electron chi connectivity index (χ4n) is 1.49. The standard InChI is InChI=1S/C12H10BrFN2O2/c1-6-3-9(13)10(14)4-11(6)16-12(17)8-5-15-18-7(8)2/h3-5H,1-2H3,(H,16,17). The van der Waals surface area contributed by atoms with Crippen molar-refractivity contribution < 1.29 is 13.7 Å². The molecule has 1 heterocycles. The Morgan fingerprint density at radius 1 is 1.44 bits per heavy atom. The maximum absolute atomic E-state index is 13.4. The van der Waals surface area contributed by atoms with Crippen molar-refractivity contribution in [3.8, 4) is 0 Å². The molecule has 2 rings (SSSR count). The molecule has 0 spiro atoms. The molecule has 2 aromatic rings. The van der Waals surface area contributed by atoms with Crippen LogP contribution in [0.2, 0.25) is 0 Å². The van der Waals surface area contributed by atoms with E-state index in [4.69, 9.17) is 4.52 Å². The molecule has 0 bridgehead atoms. The molecule has 0 aliphatic rings. The van der Waals surface area contributed by atoms with Crippen molar-refractivity contribution in [2.45, 2.75) is 13.8 Å². The second-order valence-corrected chi connectivity index (χ2v) is 4.69. The second-order valence-electron chi connectivity index (χ2n) is 3.83. The number of nitrogens with one attached hydrogen (secondary N) is 1. The summed E-state index contributed by atoms with van der Waals surface area (Å²) in [5, 5.41) is 6.14. The van der Waals surface area contributed by atoms with Gasteiger partial charge < -0.3 is 9.84 Å². The van der Waals surface area contributed by atoms with Gasteiger partial charge in [0.25, 0.3) is 5.91 Å². The van der Waals surface area contributed by atoms with E-state index >= 15 is 0 Å². The van der Waals surface area contributed by atoms with Crippen LogP contribution in [-0.2, 0) is 0 Å². The summed E-state index contributed by atoms with van der Waals surface area (Å²) in [4.78, 5) is 11.9. The van der Waals surface area contributed by atoms with Crippen LogP contribution in [0.15, 0.2) is 27.3 Å². The maximum atomic E-state index is 13.4. The molecule has 1 aromatic carbocycles. The lowest BCUT2D eigenvalue weighted by Gasteiger charge is -2.08. The zero-order chi connectivity index (χ0) is 13.3. The van der Waals surface area contributed by atoms with E-state index in [0.29, 0.717) is 21.5 Å². The Labute approximate surface area is 111 Å². The molecule has 0 saturated carbocycles. The van der Waals surface area contributed by atoms with E-state index in [9.17, 15) is 9.18 Å². The summed E-state index contributed by atoms with van der Waals surface area (Å²) in [5.74, 6) is -0.390. The van der Waals surface area contributed by atoms with Crippen LogP contribution in [-0.4, -0.2) is 11.1 Å². The first-order chi connectivity index (χ1) is 8.49. The summed E-state index contributed by atoms with van der Waals surface area (Å²) in [7, 11) is 0. The van der Waals surface area contributed by atoms with Gasteiger partial charge in [0.15, 0.2) is 0 Å². The van der Waals surface area contributed by atoms with E-state index in [1.54, 1.807) is 19.9 Å². The SMILES string of the molecule is Cc1cc(Br)c(F)cc1NC(=O)c1cnoc1C. The minimum Gasteiger partial charge on any atom is -0.361 e. The van der Waals surface area contributed by atoms with Crippen LogP contribution >= 0.6 is 15.9 Å². The van der Waals surface area contributed by atoms with E-state index in [1.165, 1.54) is 12.3 Å². The fourth-order valence-corrected chi connectivity index (χ4v) is 1.95. The van der Waals surface area contributed by atoms with Crippen molar-refractivity contribution in [1.82, 2.24) is 5.16 Å². The molecule has 0 radical (unpaired) electrons. The molecule has 0 unspecified atom stereocenters. The lowest BCUT2D eigenvalue weighted by Crippen LogP contribution is -2.13. The summed E-state index contributed by atoms with van der Waals surface area (Å²) >= 11 is 3.08. The molecule has 94 valence electrons. The molecule has 4 nitrogen and oxygen atoms in total. The number of carbonyl (C=O) groups excluding carboxylic acids is 1. The van der Waals surface area contributed by atoms with Crippen molar-refractivity contribution in [3.63, 3.8) is 0 Å². The highest BCUT2D eigenvalue weighted by Gasteiger charge is 2.14. The Kier molecular flexibility index (Phi) is 3.47. The van der Waals surface area contributed by atoms with Gasteiger partial charge in [-0.15, -0.1) is 0 Å². The van der Waals surface area contributed by atoms with Crippen LogP contribution in [0.1, 0.15) is 21.7 Å². The molecule has 18 heavy (non-hydrogen) atoms. The Morgan fingerprint density at radius 2 is 2.17 bits per heavy atom. The van der Waals surface area contributed by atoms with Crippen molar-refractivity contribution in [2.75, 3.05) is 5.32 Å². The third kappa shape index (κ3) is 2.43. The van der Waals surface area contributed by atoms with E-state index in [0.717, 1.165) is 5.56 Å². The molecular formula is C12H10BrFN2O2. The number of anilines is 1. The van der Waals surface area contributed by atoms with Crippen molar-refractivity contribution in [1.29, 1.82) is 0 Å². The number of halogens is 2. The zero-order valence-electron chi connectivity index (χ0n) is 9.75. The Bertz CT molecular complexity index is 610. The molecule has 1 amide bonds. The van der Waals surface area contributed by atoms with E-state index in [1.807, 2.05) is 0 Å². The van der Waals surface area contributed by atoms with Crippen molar-refractivity contribution in [2.24, 2.45) is 0 Å². The number of hydrogen-bond donors (Lipinski definition) is 1. The highest BCUT2D eigenvalue weighted by Crippen LogP contribution is 2.24. The Balaban J connectivity index is 2.28. The maximum Gasteiger partial charge on any atom is 0.260 e. The number of rotatable bonds is 2. The van der Waals surface area contributed by atoms with E-state index < -0.39 is 5.82 Å². The zero-order valence-corrected chi connectivity index (χ0v) is 11.3. The molecule has 0 aliphatic heterocycles. The molecule has 6 heteroatoms. The van der Waals surface area contributed by atoms with Gasteiger partial charge in [-0.3, -0.25) is 4.79 Å². The van der Waals surface area contributed by atoms with E-state index in [2.05, 4.69) is 26.4 Å². The average molecular weight is 313 g/mol. The van der Waals surface area contributed by atoms with Gasteiger partial charge in [-0.2, -0.15) is 0 Å². The van der Waals surface area contributed by atoms with Gasteiger partial charge >= 0.3 is 0 Å². The Hall–Kier alpha value is -1.69. The third-order valence-electron chi connectivity index (χ3n) is 2.51. The van der Waals surface area contributed by atoms with Gasteiger partial charge in [0.05, 0.1) is 10.7 Å². The van der Waals surface area contributed by atoms with Crippen LogP contribution in [0.5, 0.6) is 0 Å². The molecule has 0 fully saturated rings. The minimum absolute atomic E-state index is 0.331. The first-order valence-electron chi connectivity index (χ1n) is 5.17. The number of aryl methyl sites for hydroxylation is 2. The molecule has 1 aromatic heterocycles. The normalized spacial score (nSPS) is 10.4. The van der Waals surface area contributed by atoms with Gasteiger partial charge in [0.1, 0.15) is 17.1 Å². The van der Waals surface area contributed by atoms with Crippen LogP contribution < -0.4 is 5.32 Å². The van der Waals surface area contributed by atoms with Crippen molar-refractivity contribution >= 4 is 27.5 Å². The lowest BCUT2D eigenvalue weighted by atomic mass is 10.2. The molecule has 0 saturated heterocycles. The van der Waals surface area contributed by atoms with E-state index in [-0.39, 0.29) is 5.91 Å². The summed E-state index contributed by atoms with van der Waals surface area (Å²) < 4.78 is 18.6. The highest BCUT2D eigenvalue weighted by atomic mass is 79.9. The molecule has 0 atom stereocenters. The largest absolute Gasteiger partial charge is 0.361 e. The van der Waals surface area contributed by atoms with Gasteiger partial charge in [-0.05, 0) is 47.5 Å². The first kappa shape index (κ1) is 12.8. The first-order valence-corrected chi connectivity index (χ1v) is 5.96. The average Bonchev–Trinajstić information content (AvgIpc) is 2.72. The van der Waals surface area contributed by atoms with Gasteiger partial charge in [-0.25, -0.2) is 4.39 Å². The third-order valence-corrected chi connectivity index (χ3v) is 3.12. The predicted molar refractivity (Wildman–Crippen MR) is 68.0 cm³/mol. The fraction of sp³-hybridized carbons (Fsp3) is 0.167. The monoisotopic (exact) mass is 312 g/mol. The smallest absolute Gasteiger partial charge is 0.260 e. The van der Waals surface area contributed by atoms with Gasteiger partial charge in [0.2, 0.25) is 0 Å². The summed E-state index contributed by atoms with van der Waals surface area (Å²) in [6, 6.07) is 2.87. The number of nitrogens with zero attached hydrogens (tertiary/aromatic N) is 1. The van der Waals surface area contributed by atoms with Crippen molar-refractivity contribution in [3.05, 3.63) is 45.5 Å². The number of aromatic nitrogens is 1. The predicted octanol–water partition coefficient (Wildman–Crippen LogP) is 3.45.